The highest BCUT2D eigenvalue weighted by Crippen LogP contribution is 2.12. The second kappa shape index (κ2) is 3.56. The summed E-state index contributed by atoms with van der Waals surface area (Å²) in [5.74, 6) is 2.21. The number of hydrogen-bond acceptors (Lipinski definition) is 5. The summed E-state index contributed by atoms with van der Waals surface area (Å²) in [5, 5.41) is 4.05. The maximum atomic E-state index is 5.52. The molecule has 0 saturated carbocycles. The van der Waals surface area contributed by atoms with Gasteiger partial charge in [-0.2, -0.15) is 4.98 Å². The van der Waals surface area contributed by atoms with Gasteiger partial charge >= 0.3 is 0 Å². The predicted molar refractivity (Wildman–Crippen MR) is 54.9 cm³/mol. The number of nitrogens with zero attached hydrogens (tertiary/aromatic N) is 4. The molecule has 6 heteroatoms. The van der Waals surface area contributed by atoms with E-state index in [9.17, 15) is 0 Å². The largest absolute Gasteiger partial charge is 0.481 e. The van der Waals surface area contributed by atoms with Gasteiger partial charge in [-0.15, -0.1) is 5.10 Å². The number of aromatic nitrogens is 4. The number of rotatable bonds is 2. The molecule has 0 unspecified atom stereocenters. The van der Waals surface area contributed by atoms with Gasteiger partial charge in [0.05, 0.1) is 7.11 Å². The van der Waals surface area contributed by atoms with Crippen molar-refractivity contribution in [2.75, 3.05) is 12.8 Å². The van der Waals surface area contributed by atoms with Gasteiger partial charge in [-0.05, 0) is 6.92 Å². The van der Waals surface area contributed by atoms with Crippen LogP contribution in [-0.4, -0.2) is 26.9 Å². The fourth-order valence-corrected chi connectivity index (χ4v) is 1.21. The van der Waals surface area contributed by atoms with Crippen molar-refractivity contribution < 1.29 is 4.74 Å². The van der Waals surface area contributed by atoms with Gasteiger partial charge in [0.15, 0.2) is 5.82 Å². The lowest BCUT2D eigenvalue weighted by molar-refractivity contribution is 0.395. The van der Waals surface area contributed by atoms with Gasteiger partial charge in [0.1, 0.15) is 11.6 Å². The van der Waals surface area contributed by atoms with Gasteiger partial charge in [-0.1, -0.05) is 0 Å². The molecule has 0 aliphatic carbocycles. The minimum Gasteiger partial charge on any atom is -0.481 e. The Balaban J connectivity index is 2.48. The zero-order chi connectivity index (χ0) is 10.8. The number of nitrogen functional groups attached to an aromatic ring is 1. The molecule has 0 spiro atoms. The van der Waals surface area contributed by atoms with E-state index in [0.29, 0.717) is 23.3 Å². The molecule has 0 fully saturated rings. The Hall–Kier alpha value is -2.11. The second-order valence-corrected chi connectivity index (χ2v) is 3.00. The van der Waals surface area contributed by atoms with E-state index in [2.05, 4.69) is 15.1 Å². The Morgan fingerprint density at radius 3 is 2.80 bits per heavy atom. The van der Waals surface area contributed by atoms with Crippen molar-refractivity contribution in [1.29, 1.82) is 0 Å². The lowest BCUT2D eigenvalue weighted by Gasteiger charge is -2.04. The summed E-state index contributed by atoms with van der Waals surface area (Å²) in [4.78, 5) is 8.30. The van der Waals surface area contributed by atoms with E-state index in [1.165, 1.54) is 0 Å². The van der Waals surface area contributed by atoms with Crippen LogP contribution in [0.5, 0.6) is 5.88 Å². The van der Waals surface area contributed by atoms with Crippen molar-refractivity contribution in [2.45, 2.75) is 6.92 Å². The quantitative estimate of drug-likeness (QED) is 0.775. The monoisotopic (exact) mass is 205 g/mol. The Morgan fingerprint density at radius 2 is 2.20 bits per heavy atom. The van der Waals surface area contributed by atoms with E-state index in [0.717, 1.165) is 0 Å². The first-order valence-corrected chi connectivity index (χ1v) is 4.40. The standard InChI is InChI=1S/C9H11N5O/c1-6-11-8(5-9(12-6)15-2)14-4-3-7(10)13-14/h3-5H,1-2H3,(H2,10,13). The lowest BCUT2D eigenvalue weighted by atomic mass is 10.5. The molecule has 2 aromatic rings. The second-order valence-electron chi connectivity index (χ2n) is 3.00. The van der Waals surface area contributed by atoms with Crippen molar-refractivity contribution in [3.63, 3.8) is 0 Å². The van der Waals surface area contributed by atoms with Crippen LogP contribution in [0, 0.1) is 6.92 Å². The van der Waals surface area contributed by atoms with E-state index >= 15 is 0 Å². The fraction of sp³-hybridized carbons (Fsp3) is 0.222. The van der Waals surface area contributed by atoms with Crippen LogP contribution in [0.1, 0.15) is 5.82 Å². The molecule has 0 bridgehead atoms. The summed E-state index contributed by atoms with van der Waals surface area (Å²) in [5.41, 5.74) is 5.52. The topological polar surface area (TPSA) is 78.9 Å². The van der Waals surface area contributed by atoms with Crippen molar-refractivity contribution in [3.05, 3.63) is 24.2 Å². The van der Waals surface area contributed by atoms with Crippen LogP contribution in [0.3, 0.4) is 0 Å². The molecule has 0 aliphatic heterocycles. The van der Waals surface area contributed by atoms with Crippen LogP contribution in [-0.2, 0) is 0 Å². The Bertz CT molecular complexity index is 479. The Morgan fingerprint density at radius 1 is 1.40 bits per heavy atom. The molecule has 0 atom stereocenters. The van der Waals surface area contributed by atoms with Gasteiger partial charge in [0.25, 0.3) is 0 Å². The molecular formula is C9H11N5O. The van der Waals surface area contributed by atoms with Crippen LogP contribution in [0.2, 0.25) is 0 Å². The van der Waals surface area contributed by atoms with E-state index < -0.39 is 0 Å². The highest BCUT2D eigenvalue weighted by Gasteiger charge is 2.04. The molecule has 0 saturated heterocycles. The van der Waals surface area contributed by atoms with Crippen LogP contribution in [0.4, 0.5) is 5.82 Å². The van der Waals surface area contributed by atoms with E-state index in [4.69, 9.17) is 10.5 Å². The molecule has 2 heterocycles. The number of anilines is 1. The first-order chi connectivity index (χ1) is 7.19. The molecule has 15 heavy (non-hydrogen) atoms. The fourth-order valence-electron chi connectivity index (χ4n) is 1.21. The van der Waals surface area contributed by atoms with E-state index in [-0.39, 0.29) is 0 Å². The van der Waals surface area contributed by atoms with Crippen molar-refractivity contribution in [3.8, 4) is 11.7 Å². The van der Waals surface area contributed by atoms with Gasteiger partial charge in [0, 0.05) is 18.3 Å². The van der Waals surface area contributed by atoms with Crippen LogP contribution >= 0.6 is 0 Å². The van der Waals surface area contributed by atoms with E-state index in [1.807, 2.05) is 0 Å². The maximum absolute atomic E-state index is 5.52. The highest BCUT2D eigenvalue weighted by atomic mass is 16.5. The van der Waals surface area contributed by atoms with Gasteiger partial charge < -0.3 is 10.5 Å². The molecular weight excluding hydrogens is 194 g/mol. The summed E-state index contributed by atoms with van der Waals surface area (Å²) >= 11 is 0. The minimum atomic E-state index is 0.449. The zero-order valence-electron chi connectivity index (χ0n) is 8.51. The smallest absolute Gasteiger partial charge is 0.218 e. The number of methoxy groups -OCH3 is 1. The third-order valence-corrected chi connectivity index (χ3v) is 1.85. The molecule has 0 aromatic carbocycles. The normalized spacial score (nSPS) is 10.3. The van der Waals surface area contributed by atoms with Crippen LogP contribution in [0.15, 0.2) is 18.3 Å². The van der Waals surface area contributed by atoms with Gasteiger partial charge in [-0.25, -0.2) is 9.67 Å². The number of ether oxygens (including phenoxy) is 1. The van der Waals surface area contributed by atoms with E-state index in [1.54, 1.807) is 37.0 Å². The van der Waals surface area contributed by atoms with Crippen LogP contribution < -0.4 is 10.5 Å². The predicted octanol–water partition coefficient (Wildman–Crippen LogP) is 0.562. The first kappa shape index (κ1) is 9.45. The number of nitrogens with two attached hydrogens (primary N) is 1. The van der Waals surface area contributed by atoms with Gasteiger partial charge in [0.2, 0.25) is 5.88 Å². The van der Waals surface area contributed by atoms with Crippen LogP contribution in [0.25, 0.3) is 5.82 Å². The maximum Gasteiger partial charge on any atom is 0.218 e. The molecule has 0 aliphatic rings. The van der Waals surface area contributed by atoms with Gasteiger partial charge in [-0.3, -0.25) is 0 Å². The summed E-state index contributed by atoms with van der Waals surface area (Å²) in [7, 11) is 1.56. The summed E-state index contributed by atoms with van der Waals surface area (Å²) in [6.07, 6.45) is 1.73. The number of hydrogen-bond donors (Lipinski definition) is 1. The molecule has 0 amide bonds. The molecule has 78 valence electrons. The summed E-state index contributed by atoms with van der Waals surface area (Å²) in [6.45, 7) is 1.79. The SMILES string of the molecule is COc1cc(-n2ccc(N)n2)nc(C)n1. The van der Waals surface area contributed by atoms with Crippen molar-refractivity contribution in [2.24, 2.45) is 0 Å². The third kappa shape index (κ3) is 1.88. The Kier molecular flexibility index (Phi) is 2.24. The summed E-state index contributed by atoms with van der Waals surface area (Å²) < 4.78 is 6.62. The molecule has 2 rings (SSSR count). The summed E-state index contributed by atoms with van der Waals surface area (Å²) in [6, 6.07) is 3.39. The molecule has 6 nitrogen and oxygen atoms in total. The Labute approximate surface area is 86.7 Å². The zero-order valence-corrected chi connectivity index (χ0v) is 8.51. The minimum absolute atomic E-state index is 0.449. The first-order valence-electron chi connectivity index (χ1n) is 4.40. The van der Waals surface area contributed by atoms with Crippen molar-refractivity contribution in [1.82, 2.24) is 19.7 Å². The average molecular weight is 205 g/mol. The lowest BCUT2D eigenvalue weighted by Crippen LogP contribution is -2.03. The third-order valence-electron chi connectivity index (χ3n) is 1.85. The molecule has 2 N–H and O–H groups in total. The molecule has 2 aromatic heterocycles. The average Bonchev–Trinajstić information content (AvgIpc) is 2.64. The highest BCUT2D eigenvalue weighted by molar-refractivity contribution is 5.32. The molecule has 0 radical (unpaired) electrons. The number of aryl methyl sites for hydroxylation is 1. The van der Waals surface area contributed by atoms with Crippen molar-refractivity contribution >= 4 is 5.82 Å².